The van der Waals surface area contributed by atoms with Crippen molar-refractivity contribution in [3.8, 4) is 17.2 Å². The molecule has 0 bridgehead atoms. The number of hydrogen-bond donors (Lipinski definition) is 1. The number of esters is 1. The van der Waals surface area contributed by atoms with Crippen LogP contribution < -0.4 is 9.47 Å². The molecule has 0 saturated heterocycles. The standard InChI is InChI=1S/C16H14F2O5/c1-21-14-7-10(5-6-13(14)23-16(17)18)9-22-15(20)11-3-2-4-12(19)8-11/h2-8,16,19H,9H2,1H3. The number of ether oxygens (including phenoxy) is 3. The monoisotopic (exact) mass is 324 g/mol. The molecule has 0 atom stereocenters. The molecular weight excluding hydrogens is 310 g/mol. The van der Waals surface area contributed by atoms with Crippen LogP contribution in [0.25, 0.3) is 0 Å². The highest BCUT2D eigenvalue weighted by molar-refractivity contribution is 5.89. The first-order chi connectivity index (χ1) is 11.0. The minimum Gasteiger partial charge on any atom is -0.508 e. The lowest BCUT2D eigenvalue weighted by molar-refractivity contribution is -0.0512. The molecule has 1 N–H and O–H groups in total. The Hall–Kier alpha value is -2.83. The number of methoxy groups -OCH3 is 1. The van der Waals surface area contributed by atoms with Crippen molar-refractivity contribution in [1.82, 2.24) is 0 Å². The second kappa shape index (κ2) is 7.44. The molecule has 0 saturated carbocycles. The molecule has 2 rings (SSSR count). The second-order valence-electron chi connectivity index (χ2n) is 4.49. The summed E-state index contributed by atoms with van der Waals surface area (Å²) in [6, 6.07) is 9.96. The van der Waals surface area contributed by atoms with Gasteiger partial charge < -0.3 is 19.3 Å². The summed E-state index contributed by atoms with van der Waals surface area (Å²) in [5.74, 6) is -0.663. The Bertz CT molecular complexity index is 688. The summed E-state index contributed by atoms with van der Waals surface area (Å²) in [5, 5.41) is 9.32. The summed E-state index contributed by atoms with van der Waals surface area (Å²) in [6.07, 6.45) is 0. The molecule has 0 amide bonds. The Morgan fingerprint density at radius 2 is 1.96 bits per heavy atom. The second-order valence-corrected chi connectivity index (χ2v) is 4.49. The fourth-order valence-corrected chi connectivity index (χ4v) is 1.86. The molecular formula is C16H14F2O5. The van der Waals surface area contributed by atoms with Gasteiger partial charge in [-0.05, 0) is 35.9 Å². The van der Waals surface area contributed by atoms with Crippen molar-refractivity contribution >= 4 is 5.97 Å². The highest BCUT2D eigenvalue weighted by atomic mass is 19.3. The summed E-state index contributed by atoms with van der Waals surface area (Å²) < 4.78 is 38.9. The quantitative estimate of drug-likeness (QED) is 0.826. The van der Waals surface area contributed by atoms with E-state index in [2.05, 4.69) is 4.74 Å². The van der Waals surface area contributed by atoms with Crippen LogP contribution in [0.1, 0.15) is 15.9 Å². The molecule has 5 nitrogen and oxygen atoms in total. The Morgan fingerprint density at radius 3 is 2.61 bits per heavy atom. The van der Waals surface area contributed by atoms with E-state index in [4.69, 9.17) is 9.47 Å². The van der Waals surface area contributed by atoms with Gasteiger partial charge in [0.25, 0.3) is 0 Å². The van der Waals surface area contributed by atoms with Gasteiger partial charge in [-0.15, -0.1) is 0 Å². The fourth-order valence-electron chi connectivity index (χ4n) is 1.86. The molecule has 0 aliphatic heterocycles. The van der Waals surface area contributed by atoms with Crippen LogP contribution in [-0.2, 0) is 11.3 Å². The van der Waals surface area contributed by atoms with Crippen LogP contribution in [0.15, 0.2) is 42.5 Å². The Balaban J connectivity index is 2.04. The van der Waals surface area contributed by atoms with E-state index >= 15 is 0 Å². The number of alkyl halides is 2. The smallest absolute Gasteiger partial charge is 0.387 e. The first-order valence-electron chi connectivity index (χ1n) is 6.57. The summed E-state index contributed by atoms with van der Waals surface area (Å²) in [4.78, 5) is 11.8. The molecule has 0 heterocycles. The lowest BCUT2D eigenvalue weighted by Gasteiger charge is -2.11. The predicted octanol–water partition coefficient (Wildman–Crippen LogP) is 3.36. The van der Waals surface area contributed by atoms with Crippen molar-refractivity contribution in [2.45, 2.75) is 13.2 Å². The number of phenols is 1. The van der Waals surface area contributed by atoms with Gasteiger partial charge in [0, 0.05) is 0 Å². The average Bonchev–Trinajstić information content (AvgIpc) is 2.53. The van der Waals surface area contributed by atoms with E-state index in [1.807, 2.05) is 0 Å². The van der Waals surface area contributed by atoms with Gasteiger partial charge in [-0.2, -0.15) is 8.78 Å². The van der Waals surface area contributed by atoms with Crippen LogP contribution >= 0.6 is 0 Å². The normalized spacial score (nSPS) is 10.4. The Labute approximate surface area is 131 Å². The SMILES string of the molecule is COc1cc(COC(=O)c2cccc(O)c2)ccc1OC(F)F. The molecule has 0 aromatic heterocycles. The van der Waals surface area contributed by atoms with E-state index < -0.39 is 12.6 Å². The van der Waals surface area contributed by atoms with Gasteiger partial charge in [-0.1, -0.05) is 12.1 Å². The third-order valence-corrected chi connectivity index (χ3v) is 2.90. The molecule has 0 unspecified atom stereocenters. The van der Waals surface area contributed by atoms with Gasteiger partial charge in [-0.3, -0.25) is 0 Å². The van der Waals surface area contributed by atoms with E-state index in [-0.39, 0.29) is 29.4 Å². The van der Waals surface area contributed by atoms with Crippen LogP contribution in [0.3, 0.4) is 0 Å². The zero-order valence-corrected chi connectivity index (χ0v) is 12.2. The molecule has 0 fully saturated rings. The molecule has 2 aromatic rings. The van der Waals surface area contributed by atoms with Crippen LogP contribution in [-0.4, -0.2) is 24.8 Å². The third kappa shape index (κ3) is 4.57. The van der Waals surface area contributed by atoms with Gasteiger partial charge in [-0.25, -0.2) is 4.79 Å². The summed E-state index contributed by atoms with van der Waals surface area (Å²) in [6.45, 7) is -3.04. The molecule has 2 aromatic carbocycles. The zero-order chi connectivity index (χ0) is 16.8. The number of aromatic hydroxyl groups is 1. The van der Waals surface area contributed by atoms with Crippen molar-refractivity contribution in [2.75, 3.05) is 7.11 Å². The van der Waals surface area contributed by atoms with E-state index in [0.29, 0.717) is 5.56 Å². The van der Waals surface area contributed by atoms with Crippen LogP contribution in [0.2, 0.25) is 0 Å². The maximum absolute atomic E-state index is 12.2. The Kier molecular flexibility index (Phi) is 5.35. The van der Waals surface area contributed by atoms with E-state index in [1.54, 1.807) is 0 Å². The number of carbonyl (C=O) groups excluding carboxylic acids is 1. The van der Waals surface area contributed by atoms with Crippen LogP contribution in [0.5, 0.6) is 17.2 Å². The minimum absolute atomic E-state index is 0.0466. The highest BCUT2D eigenvalue weighted by Gasteiger charge is 2.12. The molecule has 0 spiro atoms. The molecule has 23 heavy (non-hydrogen) atoms. The average molecular weight is 324 g/mol. The van der Waals surface area contributed by atoms with Gasteiger partial charge in [0.05, 0.1) is 12.7 Å². The minimum atomic E-state index is -2.96. The van der Waals surface area contributed by atoms with E-state index in [1.165, 1.54) is 49.6 Å². The lowest BCUT2D eigenvalue weighted by Crippen LogP contribution is -2.06. The number of rotatable bonds is 6. The number of benzene rings is 2. The number of phenolic OH excluding ortho intramolecular Hbond substituents is 1. The summed E-state index contributed by atoms with van der Waals surface area (Å²) in [7, 11) is 1.32. The van der Waals surface area contributed by atoms with Crippen LogP contribution in [0.4, 0.5) is 8.78 Å². The fraction of sp³-hybridized carbons (Fsp3) is 0.188. The molecule has 0 aliphatic carbocycles. The van der Waals surface area contributed by atoms with E-state index in [0.717, 1.165) is 0 Å². The zero-order valence-electron chi connectivity index (χ0n) is 12.2. The van der Waals surface area contributed by atoms with Gasteiger partial charge in [0.1, 0.15) is 12.4 Å². The maximum Gasteiger partial charge on any atom is 0.387 e. The number of hydrogen-bond acceptors (Lipinski definition) is 5. The topological polar surface area (TPSA) is 65.0 Å². The van der Waals surface area contributed by atoms with Crippen molar-refractivity contribution in [3.05, 3.63) is 53.6 Å². The van der Waals surface area contributed by atoms with Gasteiger partial charge >= 0.3 is 12.6 Å². The van der Waals surface area contributed by atoms with Crippen molar-refractivity contribution in [2.24, 2.45) is 0 Å². The highest BCUT2D eigenvalue weighted by Crippen LogP contribution is 2.29. The number of carbonyl (C=O) groups is 1. The molecule has 122 valence electrons. The van der Waals surface area contributed by atoms with Crippen LogP contribution in [0, 0.1) is 0 Å². The largest absolute Gasteiger partial charge is 0.508 e. The maximum atomic E-state index is 12.2. The molecule has 0 aliphatic rings. The van der Waals surface area contributed by atoms with Gasteiger partial charge in [0.2, 0.25) is 0 Å². The number of halogens is 2. The summed E-state index contributed by atoms with van der Waals surface area (Å²) in [5.41, 5.74) is 0.742. The first kappa shape index (κ1) is 16.5. The van der Waals surface area contributed by atoms with Crippen molar-refractivity contribution < 1.29 is 32.9 Å². The third-order valence-electron chi connectivity index (χ3n) is 2.90. The van der Waals surface area contributed by atoms with E-state index in [9.17, 15) is 18.7 Å². The van der Waals surface area contributed by atoms with Crippen molar-refractivity contribution in [3.63, 3.8) is 0 Å². The molecule has 7 heteroatoms. The van der Waals surface area contributed by atoms with Crippen molar-refractivity contribution in [1.29, 1.82) is 0 Å². The summed E-state index contributed by atoms with van der Waals surface area (Å²) >= 11 is 0. The van der Waals surface area contributed by atoms with Gasteiger partial charge in [0.15, 0.2) is 11.5 Å². The first-order valence-corrected chi connectivity index (χ1v) is 6.57. The predicted molar refractivity (Wildman–Crippen MR) is 76.9 cm³/mol. The Morgan fingerprint density at radius 1 is 1.17 bits per heavy atom. The lowest BCUT2D eigenvalue weighted by atomic mass is 10.2. The molecule has 0 radical (unpaired) electrons.